The molecule has 0 radical (unpaired) electrons. The number of hydrogen-bond acceptors (Lipinski definition) is 3. The molecule has 1 aromatic carbocycles. The molecule has 19 heavy (non-hydrogen) atoms. The van der Waals surface area contributed by atoms with E-state index in [1.54, 1.807) is 0 Å². The Hall–Kier alpha value is -1.91. The topological polar surface area (TPSA) is 52.0 Å². The van der Waals surface area contributed by atoms with Crippen LogP contribution in [0.2, 0.25) is 0 Å². The smallest absolute Gasteiger partial charge is 0.230 e. The highest BCUT2D eigenvalue weighted by atomic mass is 19.1. The van der Waals surface area contributed by atoms with Gasteiger partial charge in [-0.3, -0.25) is 0 Å². The molecule has 1 unspecified atom stereocenters. The van der Waals surface area contributed by atoms with Gasteiger partial charge in [0.2, 0.25) is 5.88 Å². The first-order chi connectivity index (χ1) is 9.02. The highest BCUT2D eigenvalue weighted by molar-refractivity contribution is 5.75. The van der Waals surface area contributed by atoms with E-state index in [1.807, 2.05) is 0 Å². The summed E-state index contributed by atoms with van der Waals surface area (Å²) in [7, 11) is 0. The molecule has 0 saturated carbocycles. The SMILES string of the molecule is CCC(C)Cc1noc(N)c1-c1ccc(F)cc1F. The summed E-state index contributed by atoms with van der Waals surface area (Å²) in [5.41, 5.74) is 6.97. The standard InChI is InChI=1S/C14H16F2N2O/c1-3-8(2)6-12-13(14(17)19-18-12)10-5-4-9(15)7-11(10)16/h4-5,7-8H,3,6,17H2,1-2H3. The summed E-state index contributed by atoms with van der Waals surface area (Å²) in [6.07, 6.45) is 1.61. The van der Waals surface area contributed by atoms with Crippen LogP contribution < -0.4 is 5.73 Å². The third-order valence-electron chi connectivity index (χ3n) is 3.23. The van der Waals surface area contributed by atoms with E-state index in [9.17, 15) is 8.78 Å². The molecule has 2 aromatic rings. The lowest BCUT2D eigenvalue weighted by atomic mass is 9.97. The van der Waals surface area contributed by atoms with Gasteiger partial charge in [-0.15, -0.1) is 0 Å². The quantitative estimate of drug-likeness (QED) is 0.916. The maximum atomic E-state index is 13.8. The van der Waals surface area contributed by atoms with E-state index in [1.165, 1.54) is 12.1 Å². The molecular formula is C14H16F2N2O. The highest BCUT2D eigenvalue weighted by Crippen LogP contribution is 2.33. The Morgan fingerprint density at radius 3 is 2.74 bits per heavy atom. The molecule has 0 amide bonds. The lowest BCUT2D eigenvalue weighted by molar-refractivity contribution is 0.418. The van der Waals surface area contributed by atoms with Gasteiger partial charge in [0.25, 0.3) is 0 Å². The van der Waals surface area contributed by atoms with Gasteiger partial charge >= 0.3 is 0 Å². The average molecular weight is 266 g/mol. The predicted octanol–water partition coefficient (Wildman–Crippen LogP) is 3.79. The van der Waals surface area contributed by atoms with Crippen LogP contribution in [0.5, 0.6) is 0 Å². The third kappa shape index (κ3) is 2.75. The Morgan fingerprint density at radius 2 is 2.11 bits per heavy atom. The van der Waals surface area contributed by atoms with Crippen LogP contribution in [0.4, 0.5) is 14.7 Å². The van der Waals surface area contributed by atoms with Crippen LogP contribution in [0.3, 0.4) is 0 Å². The molecule has 1 atom stereocenters. The first kappa shape index (κ1) is 13.5. The molecule has 5 heteroatoms. The number of nitrogen functional groups attached to an aromatic ring is 1. The largest absolute Gasteiger partial charge is 0.367 e. The Labute approximate surface area is 110 Å². The van der Waals surface area contributed by atoms with Crippen molar-refractivity contribution in [3.05, 3.63) is 35.5 Å². The second kappa shape index (κ2) is 5.38. The van der Waals surface area contributed by atoms with E-state index in [4.69, 9.17) is 10.3 Å². The van der Waals surface area contributed by atoms with Crippen molar-refractivity contribution in [1.82, 2.24) is 5.16 Å². The van der Waals surface area contributed by atoms with Crippen molar-refractivity contribution < 1.29 is 13.3 Å². The molecular weight excluding hydrogens is 250 g/mol. The summed E-state index contributed by atoms with van der Waals surface area (Å²) >= 11 is 0. The van der Waals surface area contributed by atoms with Crippen LogP contribution >= 0.6 is 0 Å². The number of halogens is 2. The third-order valence-corrected chi connectivity index (χ3v) is 3.23. The molecule has 0 bridgehead atoms. The van der Waals surface area contributed by atoms with Gasteiger partial charge in [0.05, 0.1) is 11.3 Å². The van der Waals surface area contributed by atoms with Crippen molar-refractivity contribution in [2.75, 3.05) is 5.73 Å². The molecule has 3 nitrogen and oxygen atoms in total. The van der Waals surface area contributed by atoms with Gasteiger partial charge in [0.15, 0.2) is 0 Å². The van der Waals surface area contributed by atoms with Gasteiger partial charge in [0, 0.05) is 11.6 Å². The van der Waals surface area contributed by atoms with E-state index < -0.39 is 11.6 Å². The lowest BCUT2D eigenvalue weighted by Crippen LogP contribution is -2.01. The Kier molecular flexibility index (Phi) is 3.83. The van der Waals surface area contributed by atoms with Crippen LogP contribution in [0.1, 0.15) is 26.0 Å². The minimum Gasteiger partial charge on any atom is -0.367 e. The highest BCUT2D eigenvalue weighted by Gasteiger charge is 2.20. The summed E-state index contributed by atoms with van der Waals surface area (Å²) in [5.74, 6) is -0.851. The molecule has 1 heterocycles. The maximum absolute atomic E-state index is 13.8. The Bertz CT molecular complexity index is 581. The number of rotatable bonds is 4. The van der Waals surface area contributed by atoms with Crippen LogP contribution in [-0.2, 0) is 6.42 Å². The average Bonchev–Trinajstić information content (AvgIpc) is 2.71. The molecule has 0 spiro atoms. The lowest BCUT2D eigenvalue weighted by Gasteiger charge is -2.08. The molecule has 102 valence electrons. The van der Waals surface area contributed by atoms with Gasteiger partial charge in [-0.1, -0.05) is 25.4 Å². The maximum Gasteiger partial charge on any atom is 0.230 e. The number of nitrogens with zero attached hydrogens (tertiary/aromatic N) is 1. The summed E-state index contributed by atoms with van der Waals surface area (Å²) < 4.78 is 31.7. The number of hydrogen-bond donors (Lipinski definition) is 1. The Balaban J connectivity index is 2.46. The monoisotopic (exact) mass is 266 g/mol. The molecule has 1 aromatic heterocycles. The normalized spacial score (nSPS) is 12.6. The molecule has 2 N–H and O–H groups in total. The first-order valence-corrected chi connectivity index (χ1v) is 6.22. The zero-order valence-electron chi connectivity index (χ0n) is 10.9. The van der Waals surface area contributed by atoms with Crippen molar-refractivity contribution in [2.45, 2.75) is 26.7 Å². The van der Waals surface area contributed by atoms with Gasteiger partial charge in [-0.25, -0.2) is 8.78 Å². The summed E-state index contributed by atoms with van der Waals surface area (Å²) in [4.78, 5) is 0. The van der Waals surface area contributed by atoms with Crippen molar-refractivity contribution >= 4 is 5.88 Å². The molecule has 0 saturated heterocycles. The van der Waals surface area contributed by atoms with Crippen molar-refractivity contribution in [3.63, 3.8) is 0 Å². The summed E-state index contributed by atoms with van der Waals surface area (Å²) in [6, 6.07) is 3.38. The van der Waals surface area contributed by atoms with Crippen LogP contribution in [-0.4, -0.2) is 5.16 Å². The predicted molar refractivity (Wildman–Crippen MR) is 69.4 cm³/mol. The van der Waals surface area contributed by atoms with Crippen LogP contribution in [0.25, 0.3) is 11.1 Å². The summed E-state index contributed by atoms with van der Waals surface area (Å²) in [5, 5.41) is 3.88. The van der Waals surface area contributed by atoms with Gasteiger partial charge in [0.1, 0.15) is 11.6 Å². The van der Waals surface area contributed by atoms with E-state index in [2.05, 4.69) is 19.0 Å². The fraction of sp³-hybridized carbons (Fsp3) is 0.357. The zero-order valence-corrected chi connectivity index (χ0v) is 10.9. The first-order valence-electron chi connectivity index (χ1n) is 6.22. The molecule has 2 rings (SSSR count). The van der Waals surface area contributed by atoms with Crippen molar-refractivity contribution in [2.24, 2.45) is 5.92 Å². The molecule has 0 aliphatic heterocycles. The summed E-state index contributed by atoms with van der Waals surface area (Å²) in [6.45, 7) is 4.13. The fourth-order valence-corrected chi connectivity index (χ4v) is 1.93. The van der Waals surface area contributed by atoms with E-state index >= 15 is 0 Å². The van der Waals surface area contributed by atoms with E-state index in [0.29, 0.717) is 23.6 Å². The second-order valence-corrected chi connectivity index (χ2v) is 4.71. The van der Waals surface area contributed by atoms with E-state index in [0.717, 1.165) is 12.5 Å². The second-order valence-electron chi connectivity index (χ2n) is 4.71. The number of aromatic nitrogens is 1. The number of anilines is 1. The minimum atomic E-state index is -0.666. The van der Waals surface area contributed by atoms with Crippen molar-refractivity contribution in [1.29, 1.82) is 0 Å². The van der Waals surface area contributed by atoms with Gasteiger partial charge in [-0.2, -0.15) is 0 Å². The number of benzene rings is 1. The zero-order chi connectivity index (χ0) is 14.0. The van der Waals surface area contributed by atoms with E-state index in [-0.39, 0.29) is 11.4 Å². The minimum absolute atomic E-state index is 0.0591. The van der Waals surface area contributed by atoms with Gasteiger partial charge in [-0.05, 0) is 24.5 Å². The molecule has 0 aliphatic carbocycles. The van der Waals surface area contributed by atoms with Crippen molar-refractivity contribution in [3.8, 4) is 11.1 Å². The molecule has 0 fully saturated rings. The van der Waals surface area contributed by atoms with Crippen LogP contribution in [0, 0.1) is 17.6 Å². The molecule has 0 aliphatic rings. The number of nitrogens with two attached hydrogens (primary N) is 1. The van der Waals surface area contributed by atoms with Crippen LogP contribution in [0.15, 0.2) is 22.7 Å². The fourth-order valence-electron chi connectivity index (χ4n) is 1.93. The Morgan fingerprint density at radius 1 is 1.37 bits per heavy atom. The van der Waals surface area contributed by atoms with Gasteiger partial charge < -0.3 is 10.3 Å².